The maximum atomic E-state index is 12.3. The average Bonchev–Trinajstić information content (AvgIpc) is 3.20. The van der Waals surface area contributed by atoms with Gasteiger partial charge in [-0.25, -0.2) is 4.98 Å². The third-order valence-corrected chi connectivity index (χ3v) is 4.34. The SMILES string of the molecule is CCN(C)c1ccc(C(=O)NCc2nc(-c3ccc(OC)cc3)n[nH]2)cc1. The number of carbonyl (C=O) groups excluding carboxylic acids is 1. The fourth-order valence-corrected chi connectivity index (χ4v) is 2.56. The molecule has 0 saturated heterocycles. The van der Waals surface area contributed by atoms with Gasteiger partial charge < -0.3 is 15.0 Å². The van der Waals surface area contributed by atoms with E-state index in [0.29, 0.717) is 17.2 Å². The molecule has 140 valence electrons. The van der Waals surface area contributed by atoms with E-state index in [9.17, 15) is 4.79 Å². The van der Waals surface area contributed by atoms with E-state index in [1.165, 1.54) is 0 Å². The van der Waals surface area contributed by atoms with Gasteiger partial charge in [-0.15, -0.1) is 0 Å². The number of hydrogen-bond acceptors (Lipinski definition) is 5. The number of benzene rings is 2. The summed E-state index contributed by atoms with van der Waals surface area (Å²) in [5.41, 5.74) is 2.56. The molecule has 0 bridgehead atoms. The molecule has 0 atom stereocenters. The number of methoxy groups -OCH3 is 1. The lowest BCUT2D eigenvalue weighted by Gasteiger charge is -2.16. The molecule has 0 unspecified atom stereocenters. The van der Waals surface area contributed by atoms with E-state index in [-0.39, 0.29) is 12.5 Å². The zero-order chi connectivity index (χ0) is 19.2. The molecule has 0 aliphatic carbocycles. The molecule has 7 nitrogen and oxygen atoms in total. The number of aromatic nitrogens is 3. The van der Waals surface area contributed by atoms with E-state index in [4.69, 9.17) is 4.74 Å². The first kappa shape index (κ1) is 18.4. The van der Waals surface area contributed by atoms with E-state index < -0.39 is 0 Å². The smallest absolute Gasteiger partial charge is 0.251 e. The Labute approximate surface area is 158 Å². The Hall–Kier alpha value is -3.35. The number of nitrogens with zero attached hydrogens (tertiary/aromatic N) is 3. The first-order valence-corrected chi connectivity index (χ1v) is 8.75. The van der Waals surface area contributed by atoms with Crippen molar-refractivity contribution in [3.63, 3.8) is 0 Å². The fourth-order valence-electron chi connectivity index (χ4n) is 2.56. The summed E-state index contributed by atoms with van der Waals surface area (Å²) in [6.45, 7) is 3.27. The normalized spacial score (nSPS) is 10.5. The second-order valence-electron chi connectivity index (χ2n) is 6.08. The molecule has 2 N–H and O–H groups in total. The van der Waals surface area contributed by atoms with Crippen molar-refractivity contribution < 1.29 is 9.53 Å². The summed E-state index contributed by atoms with van der Waals surface area (Å²) in [4.78, 5) is 18.8. The van der Waals surface area contributed by atoms with Crippen molar-refractivity contribution in [1.82, 2.24) is 20.5 Å². The van der Waals surface area contributed by atoms with Crippen LogP contribution < -0.4 is 15.0 Å². The Bertz CT molecular complexity index is 887. The van der Waals surface area contributed by atoms with E-state index >= 15 is 0 Å². The zero-order valence-corrected chi connectivity index (χ0v) is 15.7. The summed E-state index contributed by atoms with van der Waals surface area (Å²) in [5, 5.41) is 9.91. The highest BCUT2D eigenvalue weighted by Gasteiger charge is 2.10. The number of carbonyl (C=O) groups is 1. The van der Waals surface area contributed by atoms with Crippen LogP contribution in [0.5, 0.6) is 5.75 Å². The Balaban J connectivity index is 1.60. The van der Waals surface area contributed by atoms with Crippen LogP contribution in [-0.4, -0.2) is 41.8 Å². The summed E-state index contributed by atoms with van der Waals surface area (Å²) < 4.78 is 5.15. The van der Waals surface area contributed by atoms with E-state index in [0.717, 1.165) is 23.5 Å². The summed E-state index contributed by atoms with van der Waals surface area (Å²) in [5.74, 6) is 1.80. The van der Waals surface area contributed by atoms with Gasteiger partial charge in [0, 0.05) is 30.4 Å². The van der Waals surface area contributed by atoms with Crippen LogP contribution in [0.3, 0.4) is 0 Å². The van der Waals surface area contributed by atoms with Crippen molar-refractivity contribution in [2.45, 2.75) is 13.5 Å². The lowest BCUT2D eigenvalue weighted by atomic mass is 10.2. The van der Waals surface area contributed by atoms with E-state index in [2.05, 4.69) is 32.3 Å². The van der Waals surface area contributed by atoms with Crippen molar-refractivity contribution in [1.29, 1.82) is 0 Å². The van der Waals surface area contributed by atoms with Gasteiger partial charge in [-0.05, 0) is 55.5 Å². The summed E-state index contributed by atoms with van der Waals surface area (Å²) in [6.07, 6.45) is 0. The lowest BCUT2D eigenvalue weighted by Crippen LogP contribution is -2.23. The van der Waals surface area contributed by atoms with Crippen molar-refractivity contribution in [3.8, 4) is 17.1 Å². The summed E-state index contributed by atoms with van der Waals surface area (Å²) in [7, 11) is 3.64. The highest BCUT2D eigenvalue weighted by molar-refractivity contribution is 5.94. The van der Waals surface area contributed by atoms with Gasteiger partial charge in [0.2, 0.25) is 0 Å². The van der Waals surface area contributed by atoms with Crippen LogP contribution in [0, 0.1) is 0 Å². The molecular weight excluding hydrogens is 342 g/mol. The predicted octanol–water partition coefficient (Wildman–Crippen LogP) is 2.87. The molecule has 1 heterocycles. The Morgan fingerprint density at radius 2 is 1.85 bits per heavy atom. The van der Waals surface area contributed by atoms with Gasteiger partial charge in [0.25, 0.3) is 5.91 Å². The Kier molecular flexibility index (Phi) is 5.71. The second kappa shape index (κ2) is 8.35. The van der Waals surface area contributed by atoms with Gasteiger partial charge in [-0.1, -0.05) is 0 Å². The molecule has 1 amide bonds. The molecule has 0 spiro atoms. The quantitative estimate of drug-likeness (QED) is 0.673. The number of nitrogens with one attached hydrogen (secondary N) is 2. The summed E-state index contributed by atoms with van der Waals surface area (Å²) in [6, 6.07) is 15.0. The zero-order valence-electron chi connectivity index (χ0n) is 15.7. The van der Waals surface area contributed by atoms with Crippen molar-refractivity contribution in [3.05, 3.63) is 59.9 Å². The Morgan fingerprint density at radius 1 is 1.15 bits per heavy atom. The predicted molar refractivity (Wildman–Crippen MR) is 105 cm³/mol. The van der Waals surface area contributed by atoms with Crippen LogP contribution in [0.4, 0.5) is 5.69 Å². The van der Waals surface area contributed by atoms with E-state index in [1.807, 2.05) is 55.6 Å². The van der Waals surface area contributed by atoms with Gasteiger partial charge in [-0.2, -0.15) is 5.10 Å². The molecule has 1 aromatic heterocycles. The van der Waals surface area contributed by atoms with Gasteiger partial charge in [0.05, 0.1) is 13.7 Å². The van der Waals surface area contributed by atoms with E-state index in [1.54, 1.807) is 7.11 Å². The minimum atomic E-state index is -0.150. The fraction of sp³-hybridized carbons (Fsp3) is 0.250. The Morgan fingerprint density at radius 3 is 2.48 bits per heavy atom. The summed E-state index contributed by atoms with van der Waals surface area (Å²) >= 11 is 0. The van der Waals surface area contributed by atoms with Crippen LogP contribution in [0.15, 0.2) is 48.5 Å². The third kappa shape index (κ3) is 4.44. The van der Waals surface area contributed by atoms with Crippen LogP contribution in [0.25, 0.3) is 11.4 Å². The molecule has 2 aromatic carbocycles. The molecule has 0 saturated carbocycles. The molecule has 7 heteroatoms. The number of rotatable bonds is 7. The van der Waals surface area contributed by atoms with Crippen LogP contribution in [-0.2, 0) is 6.54 Å². The number of hydrogen-bond donors (Lipinski definition) is 2. The monoisotopic (exact) mass is 365 g/mol. The number of amides is 1. The van der Waals surface area contributed by atoms with Crippen molar-refractivity contribution in [2.24, 2.45) is 0 Å². The topological polar surface area (TPSA) is 83.1 Å². The van der Waals surface area contributed by atoms with Gasteiger partial charge in [-0.3, -0.25) is 9.89 Å². The van der Waals surface area contributed by atoms with Crippen LogP contribution in [0.2, 0.25) is 0 Å². The largest absolute Gasteiger partial charge is 0.497 e. The van der Waals surface area contributed by atoms with Gasteiger partial charge >= 0.3 is 0 Å². The second-order valence-corrected chi connectivity index (χ2v) is 6.08. The standard InChI is InChI=1S/C20H23N5O2/c1-4-25(2)16-9-5-15(6-10-16)20(26)21-13-18-22-19(24-23-18)14-7-11-17(27-3)12-8-14/h5-12H,4,13H2,1-3H3,(H,21,26)(H,22,23,24). The maximum absolute atomic E-state index is 12.3. The van der Waals surface area contributed by atoms with Gasteiger partial charge in [0.15, 0.2) is 5.82 Å². The lowest BCUT2D eigenvalue weighted by molar-refractivity contribution is 0.0950. The first-order chi connectivity index (χ1) is 13.1. The molecule has 0 fully saturated rings. The number of ether oxygens (including phenoxy) is 1. The molecule has 0 radical (unpaired) electrons. The molecule has 3 rings (SSSR count). The van der Waals surface area contributed by atoms with Gasteiger partial charge in [0.1, 0.15) is 11.6 Å². The van der Waals surface area contributed by atoms with Crippen molar-refractivity contribution >= 4 is 11.6 Å². The van der Waals surface area contributed by atoms with Crippen LogP contribution >= 0.6 is 0 Å². The minimum Gasteiger partial charge on any atom is -0.497 e. The molecule has 3 aromatic rings. The number of anilines is 1. The molecular formula is C20H23N5O2. The number of aromatic amines is 1. The molecule has 0 aliphatic rings. The molecule has 27 heavy (non-hydrogen) atoms. The third-order valence-electron chi connectivity index (χ3n) is 4.34. The van der Waals surface area contributed by atoms with Crippen molar-refractivity contribution in [2.75, 3.05) is 25.6 Å². The minimum absolute atomic E-state index is 0.150. The highest BCUT2D eigenvalue weighted by Crippen LogP contribution is 2.19. The number of H-pyrrole nitrogens is 1. The maximum Gasteiger partial charge on any atom is 0.251 e. The first-order valence-electron chi connectivity index (χ1n) is 8.75. The molecule has 0 aliphatic heterocycles. The highest BCUT2D eigenvalue weighted by atomic mass is 16.5. The average molecular weight is 365 g/mol. The van der Waals surface area contributed by atoms with Crippen LogP contribution in [0.1, 0.15) is 23.1 Å².